The van der Waals surface area contributed by atoms with Crippen molar-refractivity contribution in [2.45, 2.75) is 0 Å². The van der Waals surface area contributed by atoms with Crippen molar-refractivity contribution in [3.8, 4) is 0 Å². The van der Waals surface area contributed by atoms with Gasteiger partial charge in [0.05, 0.1) is 0 Å². The number of hydrogen-bond acceptors (Lipinski definition) is 4. The zero-order chi connectivity index (χ0) is 25.6. The molecule has 0 spiro atoms. The number of allylic oxidation sites excluding steroid dienone is 1. The minimum absolute atomic E-state index is 0.137. The van der Waals surface area contributed by atoms with Crippen LogP contribution in [0.2, 0.25) is 0 Å². The summed E-state index contributed by atoms with van der Waals surface area (Å²) in [5.41, 5.74) is 2.24. The Hall–Kier alpha value is -4.57. The van der Waals surface area contributed by atoms with E-state index >= 15 is 0 Å². The summed E-state index contributed by atoms with van der Waals surface area (Å²) in [5, 5.41) is 4.10. The molecule has 7 rings (SSSR count). The SMILES string of the molecule is O=C1C(=Cc2ccc(N(c3ccccc3)c3nccc4ccccc34)[se]2)C(=O)c2cc3ccccc3cc21. The molecular weight excluding hydrogens is 535 g/mol. The fraction of sp³-hybridized carbons (Fsp3) is 0. The molecule has 0 fully saturated rings. The topological polar surface area (TPSA) is 50.3 Å². The maximum atomic E-state index is 13.3. The van der Waals surface area contributed by atoms with Crippen molar-refractivity contribution in [2.24, 2.45) is 0 Å². The number of fused-ring (bicyclic) bond motifs is 3. The number of ketones is 2. The van der Waals surface area contributed by atoms with E-state index in [9.17, 15) is 9.59 Å². The molecule has 38 heavy (non-hydrogen) atoms. The normalized spacial score (nSPS) is 12.8. The van der Waals surface area contributed by atoms with E-state index in [0.29, 0.717) is 11.1 Å². The average Bonchev–Trinajstić information content (AvgIpc) is 3.51. The number of pyridine rings is 1. The van der Waals surface area contributed by atoms with Gasteiger partial charge in [0, 0.05) is 0 Å². The van der Waals surface area contributed by atoms with Gasteiger partial charge in [0.2, 0.25) is 0 Å². The Bertz CT molecular complexity index is 1860. The van der Waals surface area contributed by atoms with E-state index in [4.69, 9.17) is 4.98 Å². The van der Waals surface area contributed by atoms with E-state index in [1.165, 1.54) is 0 Å². The third-order valence-corrected chi connectivity index (χ3v) is 9.00. The van der Waals surface area contributed by atoms with Gasteiger partial charge in [-0.3, -0.25) is 0 Å². The molecule has 0 saturated carbocycles. The molecule has 4 nitrogen and oxygen atoms in total. The first-order valence-corrected chi connectivity index (χ1v) is 14.0. The molecule has 6 aromatic rings. The third-order valence-electron chi connectivity index (χ3n) is 6.86. The molecule has 2 heterocycles. The zero-order valence-electron chi connectivity index (χ0n) is 20.2. The van der Waals surface area contributed by atoms with Gasteiger partial charge in [-0.25, -0.2) is 0 Å². The number of benzene rings is 4. The Kier molecular flexibility index (Phi) is 5.40. The first-order valence-electron chi connectivity index (χ1n) is 12.3. The average molecular weight is 555 g/mol. The molecule has 0 atom stereocenters. The van der Waals surface area contributed by atoms with E-state index in [1.807, 2.05) is 85.1 Å². The molecule has 0 saturated heterocycles. The first-order chi connectivity index (χ1) is 18.7. The molecule has 4 aromatic carbocycles. The standard InChI is InChI=1S/C33H20N2O2Se/c36-31-27-18-22-9-4-5-10-23(22)19-28(27)32(37)29(31)20-25-14-15-30(38-25)35(24-11-2-1-3-12-24)33-26-13-7-6-8-21(26)16-17-34-33/h1-20H. The molecule has 2 aromatic heterocycles. The molecule has 0 unspecified atom stereocenters. The summed E-state index contributed by atoms with van der Waals surface area (Å²) in [4.78, 5) is 33.6. The van der Waals surface area contributed by atoms with Crippen molar-refractivity contribution < 1.29 is 9.59 Å². The Morgan fingerprint density at radius 1 is 0.658 bits per heavy atom. The van der Waals surface area contributed by atoms with Crippen LogP contribution >= 0.6 is 0 Å². The molecule has 0 radical (unpaired) electrons. The van der Waals surface area contributed by atoms with Gasteiger partial charge in [0.1, 0.15) is 0 Å². The van der Waals surface area contributed by atoms with Crippen molar-refractivity contribution >= 4 is 69.8 Å². The van der Waals surface area contributed by atoms with E-state index in [-0.39, 0.29) is 31.6 Å². The number of carbonyl (C=O) groups is 2. The number of para-hydroxylation sites is 1. The molecule has 1 aliphatic rings. The van der Waals surface area contributed by atoms with E-state index in [2.05, 4.69) is 35.2 Å². The molecule has 5 heteroatoms. The Balaban J connectivity index is 1.32. The predicted octanol–water partition coefficient (Wildman–Crippen LogP) is 7.38. The van der Waals surface area contributed by atoms with Crippen molar-refractivity contribution in [1.82, 2.24) is 4.98 Å². The molecule has 0 aliphatic heterocycles. The Labute approximate surface area is 225 Å². The Morgan fingerprint density at radius 2 is 1.29 bits per heavy atom. The number of Topliss-reactive ketones (excluding diaryl/α,β-unsaturated/α-hetero) is 2. The number of nitrogens with zero attached hydrogens (tertiary/aromatic N) is 2. The van der Waals surface area contributed by atoms with E-state index in [1.54, 1.807) is 6.08 Å². The van der Waals surface area contributed by atoms with E-state index < -0.39 is 0 Å². The van der Waals surface area contributed by atoms with Crippen LogP contribution < -0.4 is 4.90 Å². The van der Waals surface area contributed by atoms with Gasteiger partial charge in [-0.2, -0.15) is 0 Å². The monoisotopic (exact) mass is 556 g/mol. The summed E-state index contributed by atoms with van der Waals surface area (Å²) < 4.78 is 2.06. The number of aromatic nitrogens is 1. The molecular formula is C33H20N2O2Se. The Morgan fingerprint density at radius 3 is 2.00 bits per heavy atom. The fourth-order valence-corrected chi connectivity index (χ4v) is 7.08. The van der Waals surface area contributed by atoms with Crippen LogP contribution in [0.1, 0.15) is 25.2 Å². The number of hydrogen-bond donors (Lipinski definition) is 0. The predicted molar refractivity (Wildman–Crippen MR) is 154 cm³/mol. The molecule has 1 aliphatic carbocycles. The molecule has 180 valence electrons. The van der Waals surface area contributed by atoms with E-state index in [0.717, 1.165) is 42.0 Å². The van der Waals surface area contributed by atoms with Crippen LogP contribution in [-0.2, 0) is 0 Å². The summed E-state index contributed by atoms with van der Waals surface area (Å²) >= 11 is -0.137. The third kappa shape index (κ3) is 3.72. The molecule has 0 amide bonds. The van der Waals surface area contributed by atoms with Crippen LogP contribution in [0.5, 0.6) is 0 Å². The van der Waals surface area contributed by atoms with Crippen molar-refractivity contribution in [3.63, 3.8) is 0 Å². The quantitative estimate of drug-likeness (QED) is 0.129. The van der Waals surface area contributed by atoms with Crippen LogP contribution in [0.25, 0.3) is 27.6 Å². The first kappa shape index (κ1) is 22.6. The summed E-state index contributed by atoms with van der Waals surface area (Å²) in [6.07, 6.45) is 3.63. The van der Waals surface area contributed by atoms with Gasteiger partial charge in [-0.15, -0.1) is 0 Å². The number of anilines is 3. The summed E-state index contributed by atoms with van der Waals surface area (Å²) in [7, 11) is 0. The van der Waals surface area contributed by atoms with Gasteiger partial charge in [-0.1, -0.05) is 0 Å². The van der Waals surface area contributed by atoms with Crippen LogP contribution in [0, 0.1) is 0 Å². The summed E-state index contributed by atoms with van der Waals surface area (Å²) in [6.45, 7) is 0. The van der Waals surface area contributed by atoms with Gasteiger partial charge in [0.25, 0.3) is 0 Å². The van der Waals surface area contributed by atoms with Crippen LogP contribution in [-0.4, -0.2) is 31.1 Å². The van der Waals surface area contributed by atoms with Gasteiger partial charge < -0.3 is 0 Å². The summed E-state index contributed by atoms with van der Waals surface area (Å²) in [5.74, 6) is 0.463. The second kappa shape index (κ2) is 9.07. The van der Waals surface area contributed by atoms with Gasteiger partial charge in [0.15, 0.2) is 0 Å². The van der Waals surface area contributed by atoms with Crippen LogP contribution in [0.4, 0.5) is 16.1 Å². The summed E-state index contributed by atoms with van der Waals surface area (Å²) in [6, 6.07) is 36.0. The van der Waals surface area contributed by atoms with Crippen molar-refractivity contribution in [2.75, 3.05) is 4.90 Å². The second-order valence-corrected chi connectivity index (χ2v) is 11.5. The van der Waals surface area contributed by atoms with Crippen molar-refractivity contribution in [1.29, 1.82) is 0 Å². The number of carbonyl (C=O) groups excluding carboxylic acids is 2. The molecule has 0 N–H and O–H groups in total. The molecule has 0 bridgehead atoms. The van der Waals surface area contributed by atoms with Crippen LogP contribution in [0.15, 0.2) is 121 Å². The fourth-order valence-electron chi connectivity index (χ4n) is 5.04. The number of rotatable bonds is 4. The zero-order valence-corrected chi connectivity index (χ0v) is 21.9. The second-order valence-electron chi connectivity index (χ2n) is 9.16. The maximum absolute atomic E-state index is 13.3. The van der Waals surface area contributed by atoms with Gasteiger partial charge in [-0.05, 0) is 0 Å². The minimum atomic E-state index is -0.198. The van der Waals surface area contributed by atoms with Crippen molar-refractivity contribution in [3.05, 3.63) is 137 Å². The van der Waals surface area contributed by atoms with Gasteiger partial charge >= 0.3 is 226 Å². The van der Waals surface area contributed by atoms with Crippen LogP contribution in [0.3, 0.4) is 0 Å².